The minimum Gasteiger partial charge on any atom is -0.461 e. The zero-order valence-corrected chi connectivity index (χ0v) is 9.14. The Bertz CT molecular complexity index is 345. The molecule has 15 heavy (non-hydrogen) atoms. The molecular formula is C13H16O2. The molecule has 1 aliphatic heterocycles. The summed E-state index contributed by atoms with van der Waals surface area (Å²) in [7, 11) is 0. The fourth-order valence-electron chi connectivity index (χ4n) is 1.97. The Balaban J connectivity index is 2.05. The van der Waals surface area contributed by atoms with Crippen molar-refractivity contribution in [2.24, 2.45) is 11.8 Å². The number of rotatable bonds is 2. The van der Waals surface area contributed by atoms with Crippen LogP contribution in [-0.2, 0) is 16.0 Å². The maximum absolute atomic E-state index is 11.4. The van der Waals surface area contributed by atoms with Crippen molar-refractivity contribution >= 4 is 5.97 Å². The smallest absolute Gasteiger partial charge is 0.309 e. The molecule has 1 saturated heterocycles. The molecule has 0 aliphatic carbocycles. The summed E-state index contributed by atoms with van der Waals surface area (Å²) >= 11 is 0. The fourth-order valence-corrected chi connectivity index (χ4v) is 1.97. The van der Waals surface area contributed by atoms with Crippen LogP contribution in [0.5, 0.6) is 0 Å². The number of carbonyl (C=O) groups is 1. The average Bonchev–Trinajstić information content (AvgIpc) is 2.48. The van der Waals surface area contributed by atoms with Gasteiger partial charge in [0.05, 0.1) is 5.92 Å². The number of esters is 1. The largest absolute Gasteiger partial charge is 0.461 e. The monoisotopic (exact) mass is 204 g/mol. The van der Waals surface area contributed by atoms with Crippen LogP contribution >= 0.6 is 0 Å². The fraction of sp³-hybridized carbons (Fsp3) is 0.462. The first kappa shape index (κ1) is 10.2. The summed E-state index contributed by atoms with van der Waals surface area (Å²) in [5, 5.41) is 0. The van der Waals surface area contributed by atoms with Crippen LogP contribution in [0.1, 0.15) is 19.4 Å². The molecule has 2 nitrogen and oxygen atoms in total. The molecule has 1 heterocycles. The van der Waals surface area contributed by atoms with Crippen molar-refractivity contribution in [3.63, 3.8) is 0 Å². The van der Waals surface area contributed by atoms with Gasteiger partial charge in [-0.1, -0.05) is 44.2 Å². The number of carbonyl (C=O) groups excluding carboxylic acids is 1. The van der Waals surface area contributed by atoms with Gasteiger partial charge in [-0.05, 0) is 5.56 Å². The van der Waals surface area contributed by atoms with Crippen LogP contribution in [0.2, 0.25) is 0 Å². The van der Waals surface area contributed by atoms with E-state index in [4.69, 9.17) is 4.74 Å². The second-order valence-corrected chi connectivity index (χ2v) is 4.31. The lowest BCUT2D eigenvalue weighted by Crippen LogP contribution is -2.18. The zero-order valence-electron chi connectivity index (χ0n) is 9.14. The Morgan fingerprint density at radius 3 is 2.40 bits per heavy atom. The highest BCUT2D eigenvalue weighted by molar-refractivity contribution is 5.74. The molecule has 1 aromatic carbocycles. The normalized spacial score (nSPS) is 30.3. The van der Waals surface area contributed by atoms with Crippen LogP contribution < -0.4 is 0 Å². The average molecular weight is 204 g/mol. The van der Waals surface area contributed by atoms with Gasteiger partial charge in [0.1, 0.15) is 6.10 Å². The summed E-state index contributed by atoms with van der Waals surface area (Å²) in [5.74, 6) is 0.305. The highest BCUT2D eigenvalue weighted by Gasteiger charge is 2.38. The van der Waals surface area contributed by atoms with Gasteiger partial charge in [0.15, 0.2) is 0 Å². The van der Waals surface area contributed by atoms with Crippen molar-refractivity contribution in [3.8, 4) is 0 Å². The Morgan fingerprint density at radius 2 is 1.87 bits per heavy atom. The molecule has 0 N–H and O–H groups in total. The van der Waals surface area contributed by atoms with E-state index in [0.29, 0.717) is 5.92 Å². The zero-order chi connectivity index (χ0) is 10.8. The summed E-state index contributed by atoms with van der Waals surface area (Å²) in [5.41, 5.74) is 1.23. The molecule has 1 aliphatic rings. The molecule has 3 atom stereocenters. The van der Waals surface area contributed by atoms with Gasteiger partial charge in [-0.25, -0.2) is 0 Å². The predicted molar refractivity (Wildman–Crippen MR) is 58.4 cm³/mol. The summed E-state index contributed by atoms with van der Waals surface area (Å²) in [4.78, 5) is 11.4. The Hall–Kier alpha value is -1.31. The van der Waals surface area contributed by atoms with Crippen molar-refractivity contribution < 1.29 is 9.53 Å². The van der Waals surface area contributed by atoms with E-state index >= 15 is 0 Å². The lowest BCUT2D eigenvalue weighted by atomic mass is 9.90. The van der Waals surface area contributed by atoms with Crippen molar-refractivity contribution in [3.05, 3.63) is 35.9 Å². The molecule has 0 radical (unpaired) electrons. The SMILES string of the molecule is C[C@H]1C(=O)OC(Cc2ccccc2)[C@@H]1C. The van der Waals surface area contributed by atoms with Crippen molar-refractivity contribution in [2.75, 3.05) is 0 Å². The van der Waals surface area contributed by atoms with Gasteiger partial charge in [0.25, 0.3) is 0 Å². The molecule has 0 aromatic heterocycles. The van der Waals surface area contributed by atoms with E-state index in [-0.39, 0.29) is 18.0 Å². The predicted octanol–water partition coefficient (Wildman–Crippen LogP) is 2.43. The van der Waals surface area contributed by atoms with Gasteiger partial charge < -0.3 is 4.74 Å². The molecule has 1 fully saturated rings. The van der Waals surface area contributed by atoms with Crippen LogP contribution in [0.4, 0.5) is 0 Å². The van der Waals surface area contributed by atoms with Crippen LogP contribution in [-0.4, -0.2) is 12.1 Å². The second-order valence-electron chi connectivity index (χ2n) is 4.31. The van der Waals surface area contributed by atoms with E-state index in [9.17, 15) is 4.79 Å². The molecule has 0 amide bonds. The minimum atomic E-state index is -0.0524. The van der Waals surface area contributed by atoms with Gasteiger partial charge >= 0.3 is 5.97 Å². The van der Waals surface area contributed by atoms with Crippen molar-refractivity contribution in [1.29, 1.82) is 0 Å². The summed E-state index contributed by atoms with van der Waals surface area (Å²) < 4.78 is 5.35. The van der Waals surface area contributed by atoms with Crippen LogP contribution in [0.25, 0.3) is 0 Å². The van der Waals surface area contributed by atoms with Gasteiger partial charge in [0.2, 0.25) is 0 Å². The van der Waals surface area contributed by atoms with Gasteiger partial charge in [-0.2, -0.15) is 0 Å². The lowest BCUT2D eigenvalue weighted by Gasteiger charge is -2.14. The molecule has 80 valence electrons. The van der Waals surface area contributed by atoms with Crippen LogP contribution in [0.15, 0.2) is 30.3 Å². The molecule has 0 bridgehead atoms. The van der Waals surface area contributed by atoms with Crippen molar-refractivity contribution in [1.82, 2.24) is 0 Å². The summed E-state index contributed by atoms with van der Waals surface area (Å²) in [6.45, 7) is 4.03. The Kier molecular flexibility index (Phi) is 2.76. The highest BCUT2D eigenvalue weighted by atomic mass is 16.6. The van der Waals surface area contributed by atoms with E-state index in [1.54, 1.807) is 0 Å². The molecule has 1 aromatic rings. The van der Waals surface area contributed by atoms with Gasteiger partial charge in [0, 0.05) is 12.3 Å². The number of ether oxygens (including phenoxy) is 1. The third kappa shape index (κ3) is 2.04. The van der Waals surface area contributed by atoms with Gasteiger partial charge in [-0.15, -0.1) is 0 Å². The molecule has 1 unspecified atom stereocenters. The Morgan fingerprint density at radius 1 is 1.20 bits per heavy atom. The van der Waals surface area contributed by atoms with E-state index in [0.717, 1.165) is 6.42 Å². The third-order valence-electron chi connectivity index (χ3n) is 3.29. The number of cyclic esters (lactones) is 1. The lowest BCUT2D eigenvalue weighted by molar-refractivity contribution is -0.143. The quantitative estimate of drug-likeness (QED) is 0.691. The number of benzene rings is 1. The first-order chi connectivity index (χ1) is 7.18. The van der Waals surface area contributed by atoms with E-state index in [1.165, 1.54) is 5.56 Å². The first-order valence-corrected chi connectivity index (χ1v) is 5.43. The third-order valence-corrected chi connectivity index (χ3v) is 3.29. The van der Waals surface area contributed by atoms with E-state index in [1.807, 2.05) is 25.1 Å². The van der Waals surface area contributed by atoms with Gasteiger partial charge in [-0.3, -0.25) is 4.79 Å². The molecule has 0 saturated carbocycles. The standard InChI is InChI=1S/C13H16O2/c1-9-10(2)13(14)15-12(9)8-11-6-4-3-5-7-11/h3-7,9-10,12H,8H2,1-2H3/t9-,10-,12?/m1/s1. The molecule has 2 heteroatoms. The number of hydrogen-bond acceptors (Lipinski definition) is 2. The van der Waals surface area contributed by atoms with E-state index in [2.05, 4.69) is 19.1 Å². The molecule has 2 rings (SSSR count). The minimum absolute atomic E-state index is 0.0405. The molecule has 0 spiro atoms. The second kappa shape index (κ2) is 4.05. The first-order valence-electron chi connectivity index (χ1n) is 5.43. The maximum Gasteiger partial charge on any atom is 0.309 e. The van der Waals surface area contributed by atoms with Crippen LogP contribution in [0, 0.1) is 11.8 Å². The summed E-state index contributed by atoms with van der Waals surface area (Å²) in [6.07, 6.45) is 0.882. The molecular weight excluding hydrogens is 188 g/mol. The van der Waals surface area contributed by atoms with E-state index < -0.39 is 0 Å². The summed E-state index contributed by atoms with van der Waals surface area (Å²) in [6, 6.07) is 10.2. The van der Waals surface area contributed by atoms with Crippen molar-refractivity contribution in [2.45, 2.75) is 26.4 Å². The highest BCUT2D eigenvalue weighted by Crippen LogP contribution is 2.29. The topological polar surface area (TPSA) is 26.3 Å². The van der Waals surface area contributed by atoms with Crippen LogP contribution in [0.3, 0.4) is 0 Å². The number of hydrogen-bond donors (Lipinski definition) is 0. The Labute approximate surface area is 90.3 Å². The maximum atomic E-state index is 11.4.